The quantitative estimate of drug-likeness (QED) is 0.542. The Morgan fingerprint density at radius 3 is 2.00 bits per heavy atom. The van der Waals surface area contributed by atoms with Crippen LogP contribution in [0.15, 0.2) is 42.5 Å². The van der Waals surface area contributed by atoms with Crippen LogP contribution in [0.4, 0.5) is 11.4 Å². The van der Waals surface area contributed by atoms with Gasteiger partial charge in [0.15, 0.2) is 6.61 Å². The molecule has 0 bridgehead atoms. The van der Waals surface area contributed by atoms with E-state index in [-0.39, 0.29) is 22.4 Å². The van der Waals surface area contributed by atoms with E-state index in [9.17, 15) is 19.2 Å². The molecule has 0 heterocycles. The van der Waals surface area contributed by atoms with Crippen LogP contribution in [0.2, 0.25) is 0 Å². The van der Waals surface area contributed by atoms with Crippen LogP contribution in [0.25, 0.3) is 0 Å². The van der Waals surface area contributed by atoms with Crippen LogP contribution in [0.3, 0.4) is 0 Å². The zero-order valence-electron chi connectivity index (χ0n) is 17.1. The van der Waals surface area contributed by atoms with Gasteiger partial charge in [0.05, 0.1) is 36.6 Å². The van der Waals surface area contributed by atoms with E-state index in [2.05, 4.69) is 14.8 Å². The van der Waals surface area contributed by atoms with Gasteiger partial charge in [-0.15, -0.1) is 0 Å². The highest BCUT2D eigenvalue weighted by atomic mass is 16.5. The summed E-state index contributed by atoms with van der Waals surface area (Å²) >= 11 is 0. The summed E-state index contributed by atoms with van der Waals surface area (Å²) in [6.07, 6.45) is 0. The minimum absolute atomic E-state index is 0.0288. The van der Waals surface area contributed by atoms with E-state index >= 15 is 0 Å². The van der Waals surface area contributed by atoms with Gasteiger partial charge in [0.25, 0.3) is 5.91 Å². The van der Waals surface area contributed by atoms with Crippen molar-refractivity contribution in [1.29, 1.82) is 0 Å². The van der Waals surface area contributed by atoms with Crippen LogP contribution >= 0.6 is 0 Å². The summed E-state index contributed by atoms with van der Waals surface area (Å²) in [7, 11) is 6.13. The van der Waals surface area contributed by atoms with Crippen molar-refractivity contribution in [3.8, 4) is 0 Å². The summed E-state index contributed by atoms with van der Waals surface area (Å²) < 4.78 is 14.3. The number of nitrogens with one attached hydrogen (secondary N) is 1. The number of nitrogens with zero attached hydrogens (tertiary/aromatic N) is 1. The van der Waals surface area contributed by atoms with Gasteiger partial charge in [-0.1, -0.05) is 0 Å². The van der Waals surface area contributed by atoms with Crippen LogP contribution in [0.5, 0.6) is 0 Å². The van der Waals surface area contributed by atoms with Crippen molar-refractivity contribution in [3.05, 3.63) is 59.2 Å². The van der Waals surface area contributed by atoms with Crippen molar-refractivity contribution in [3.63, 3.8) is 0 Å². The Kier molecular flexibility index (Phi) is 7.51. The third-order valence-electron chi connectivity index (χ3n) is 4.07. The van der Waals surface area contributed by atoms with Crippen LogP contribution in [-0.2, 0) is 19.0 Å². The molecule has 0 aliphatic rings. The number of anilines is 2. The van der Waals surface area contributed by atoms with E-state index in [0.29, 0.717) is 0 Å². The number of benzene rings is 2. The normalized spacial score (nSPS) is 10.0. The van der Waals surface area contributed by atoms with E-state index in [1.54, 1.807) is 24.3 Å². The third kappa shape index (κ3) is 5.57. The molecule has 0 saturated carbocycles. The van der Waals surface area contributed by atoms with Gasteiger partial charge in [0, 0.05) is 19.8 Å². The Hall–Kier alpha value is -3.88. The van der Waals surface area contributed by atoms with Crippen molar-refractivity contribution in [2.45, 2.75) is 0 Å². The SMILES string of the molecule is COC(=O)c1ccc(C(=O)OC)c(NC(=O)COC(=O)c2ccc(N(C)C)cc2)c1. The van der Waals surface area contributed by atoms with Gasteiger partial charge in [-0.3, -0.25) is 4.79 Å². The van der Waals surface area contributed by atoms with Gasteiger partial charge in [-0.05, 0) is 42.5 Å². The molecule has 0 spiro atoms. The maximum atomic E-state index is 12.2. The monoisotopic (exact) mass is 414 g/mol. The zero-order valence-corrected chi connectivity index (χ0v) is 17.1. The molecule has 0 radical (unpaired) electrons. The van der Waals surface area contributed by atoms with E-state index < -0.39 is 30.4 Å². The first-order valence-electron chi connectivity index (χ1n) is 8.82. The third-order valence-corrected chi connectivity index (χ3v) is 4.07. The number of carbonyl (C=O) groups is 4. The number of ether oxygens (including phenoxy) is 3. The molecule has 2 aromatic rings. The van der Waals surface area contributed by atoms with Gasteiger partial charge < -0.3 is 24.4 Å². The molecule has 9 nitrogen and oxygen atoms in total. The lowest BCUT2D eigenvalue weighted by atomic mass is 10.1. The average Bonchev–Trinajstić information content (AvgIpc) is 2.76. The Bertz CT molecular complexity index is 952. The zero-order chi connectivity index (χ0) is 22.3. The fraction of sp³-hybridized carbons (Fsp3) is 0.238. The number of rotatable bonds is 7. The van der Waals surface area contributed by atoms with Crippen molar-refractivity contribution in [2.24, 2.45) is 0 Å². The number of hydrogen-bond acceptors (Lipinski definition) is 8. The summed E-state index contributed by atoms with van der Waals surface area (Å²) in [5.74, 6) is -2.72. The van der Waals surface area contributed by atoms with Gasteiger partial charge in [0.1, 0.15) is 0 Å². The summed E-state index contributed by atoms with van der Waals surface area (Å²) in [4.78, 5) is 49.9. The topological polar surface area (TPSA) is 111 Å². The van der Waals surface area contributed by atoms with Gasteiger partial charge in [-0.25, -0.2) is 14.4 Å². The van der Waals surface area contributed by atoms with Gasteiger partial charge in [-0.2, -0.15) is 0 Å². The predicted molar refractivity (Wildman–Crippen MR) is 109 cm³/mol. The molecule has 9 heteroatoms. The molecular weight excluding hydrogens is 392 g/mol. The number of hydrogen-bond donors (Lipinski definition) is 1. The minimum Gasteiger partial charge on any atom is -0.465 e. The molecule has 0 saturated heterocycles. The first-order chi connectivity index (χ1) is 14.3. The second-order valence-corrected chi connectivity index (χ2v) is 6.31. The number of carbonyl (C=O) groups excluding carboxylic acids is 4. The minimum atomic E-state index is -0.709. The first kappa shape index (κ1) is 22.4. The lowest BCUT2D eigenvalue weighted by Gasteiger charge is -2.13. The molecule has 30 heavy (non-hydrogen) atoms. The second kappa shape index (κ2) is 10.1. The average molecular weight is 414 g/mol. The van der Waals surface area contributed by atoms with Crippen LogP contribution < -0.4 is 10.2 Å². The lowest BCUT2D eigenvalue weighted by Crippen LogP contribution is -2.22. The highest BCUT2D eigenvalue weighted by molar-refractivity contribution is 6.04. The highest BCUT2D eigenvalue weighted by Gasteiger charge is 2.18. The molecule has 1 N–H and O–H groups in total. The fourth-order valence-electron chi connectivity index (χ4n) is 2.48. The molecule has 0 fully saturated rings. The Morgan fingerprint density at radius 1 is 0.833 bits per heavy atom. The second-order valence-electron chi connectivity index (χ2n) is 6.31. The molecule has 2 rings (SSSR count). The molecule has 2 aromatic carbocycles. The number of amides is 1. The molecule has 0 aromatic heterocycles. The maximum Gasteiger partial charge on any atom is 0.339 e. The largest absolute Gasteiger partial charge is 0.465 e. The summed E-state index contributed by atoms with van der Waals surface area (Å²) in [5, 5.41) is 2.44. The van der Waals surface area contributed by atoms with Crippen LogP contribution in [-0.4, -0.2) is 58.7 Å². The number of esters is 3. The Balaban J connectivity index is 2.08. The van der Waals surface area contributed by atoms with Gasteiger partial charge >= 0.3 is 17.9 Å². The van der Waals surface area contributed by atoms with Crippen molar-refractivity contribution >= 4 is 35.2 Å². The molecule has 0 aliphatic carbocycles. The van der Waals surface area contributed by atoms with Gasteiger partial charge in [0.2, 0.25) is 0 Å². The highest BCUT2D eigenvalue weighted by Crippen LogP contribution is 2.20. The standard InChI is InChI=1S/C21H22N2O7/c1-23(2)15-8-5-13(6-9-15)20(26)30-12-18(24)22-17-11-14(19(25)28-3)7-10-16(17)21(27)29-4/h5-11H,12H2,1-4H3,(H,22,24). The van der Waals surface area contributed by atoms with Crippen molar-refractivity contribution in [1.82, 2.24) is 0 Å². The van der Waals surface area contributed by atoms with E-state index in [4.69, 9.17) is 4.74 Å². The molecule has 0 aliphatic heterocycles. The maximum absolute atomic E-state index is 12.2. The molecule has 1 amide bonds. The summed E-state index contributed by atoms with van der Waals surface area (Å²) in [6.45, 7) is -0.586. The van der Waals surface area contributed by atoms with E-state index in [1.807, 2.05) is 19.0 Å². The van der Waals surface area contributed by atoms with Crippen molar-refractivity contribution in [2.75, 3.05) is 45.1 Å². The Morgan fingerprint density at radius 2 is 1.43 bits per heavy atom. The fourth-order valence-corrected chi connectivity index (χ4v) is 2.48. The molecule has 0 unspecified atom stereocenters. The predicted octanol–water partition coefficient (Wildman–Crippen LogP) is 2.12. The number of methoxy groups -OCH3 is 2. The van der Waals surface area contributed by atoms with E-state index in [1.165, 1.54) is 32.4 Å². The molecule has 0 atom stereocenters. The summed E-state index contributed by atoms with van der Waals surface area (Å²) in [5.41, 5.74) is 1.38. The molecular formula is C21H22N2O7. The van der Waals surface area contributed by atoms with Crippen LogP contribution in [0.1, 0.15) is 31.1 Å². The Labute approximate surface area is 173 Å². The van der Waals surface area contributed by atoms with E-state index in [0.717, 1.165) is 5.69 Å². The molecule has 158 valence electrons. The first-order valence-corrected chi connectivity index (χ1v) is 8.82. The van der Waals surface area contributed by atoms with Crippen molar-refractivity contribution < 1.29 is 33.4 Å². The lowest BCUT2D eigenvalue weighted by molar-refractivity contribution is -0.119. The smallest absolute Gasteiger partial charge is 0.339 e. The summed E-state index contributed by atoms with van der Waals surface area (Å²) in [6, 6.07) is 10.6. The van der Waals surface area contributed by atoms with Crippen LogP contribution in [0, 0.1) is 0 Å².